The van der Waals surface area contributed by atoms with Crippen molar-refractivity contribution in [2.24, 2.45) is 5.41 Å². The zero-order chi connectivity index (χ0) is 27.1. The Balaban J connectivity index is 1.43. The summed E-state index contributed by atoms with van der Waals surface area (Å²) in [5.74, 6) is -0.0529. The number of Topliss-reactive ketones (excluding diaryl/α,β-unsaturated/α-hetero) is 1. The van der Waals surface area contributed by atoms with E-state index >= 15 is 0 Å². The van der Waals surface area contributed by atoms with E-state index < -0.39 is 6.04 Å². The molecular formula is C33H32N4O2. The Morgan fingerprint density at radius 3 is 2.59 bits per heavy atom. The van der Waals surface area contributed by atoms with Crippen molar-refractivity contribution in [1.82, 2.24) is 4.98 Å². The third-order valence-electron chi connectivity index (χ3n) is 7.59. The molecule has 1 aliphatic carbocycles. The number of hydrogen-bond acceptors (Lipinski definition) is 5. The van der Waals surface area contributed by atoms with Crippen LogP contribution in [0.15, 0.2) is 96.3 Å². The van der Waals surface area contributed by atoms with E-state index in [1.807, 2.05) is 54.6 Å². The van der Waals surface area contributed by atoms with Crippen LogP contribution in [-0.2, 0) is 9.59 Å². The van der Waals surface area contributed by atoms with Gasteiger partial charge in [0.15, 0.2) is 5.78 Å². The summed E-state index contributed by atoms with van der Waals surface area (Å²) in [5.41, 5.74) is 6.96. The first kappa shape index (κ1) is 24.9. The number of nitrogens with zero attached hydrogens (tertiary/aromatic N) is 2. The van der Waals surface area contributed by atoms with E-state index in [0.29, 0.717) is 12.1 Å². The Kier molecular flexibility index (Phi) is 6.18. The SMILES string of the molecule is Cc1ccc(C2C3=C(CC(C)(C)CC3=O)Nc3ccccc3N2CC(=O)Nc2cnc3ccccc3c2)cc1. The van der Waals surface area contributed by atoms with E-state index in [1.165, 1.54) is 0 Å². The summed E-state index contributed by atoms with van der Waals surface area (Å²) in [7, 11) is 0. The minimum atomic E-state index is -0.402. The van der Waals surface area contributed by atoms with Gasteiger partial charge in [-0.25, -0.2) is 0 Å². The van der Waals surface area contributed by atoms with Crippen LogP contribution in [0.1, 0.15) is 43.9 Å². The van der Waals surface area contributed by atoms with Gasteiger partial charge in [-0.15, -0.1) is 0 Å². The Labute approximate surface area is 228 Å². The van der Waals surface area contributed by atoms with Crippen LogP contribution >= 0.6 is 0 Å². The maximum Gasteiger partial charge on any atom is 0.243 e. The number of allylic oxidation sites excluding steroid dienone is 1. The van der Waals surface area contributed by atoms with Gasteiger partial charge in [0.1, 0.15) is 0 Å². The maximum atomic E-state index is 13.8. The van der Waals surface area contributed by atoms with Crippen LogP contribution in [0.2, 0.25) is 0 Å². The number of hydrogen-bond donors (Lipinski definition) is 2. The van der Waals surface area contributed by atoms with Crippen molar-refractivity contribution >= 4 is 39.7 Å². The molecule has 2 heterocycles. The molecule has 0 saturated heterocycles. The molecule has 1 atom stereocenters. The van der Waals surface area contributed by atoms with Crippen LogP contribution < -0.4 is 15.5 Å². The molecule has 0 bridgehead atoms. The molecule has 1 unspecified atom stereocenters. The number of pyridine rings is 1. The monoisotopic (exact) mass is 516 g/mol. The number of benzene rings is 3. The van der Waals surface area contributed by atoms with Crippen LogP contribution in [-0.4, -0.2) is 23.2 Å². The van der Waals surface area contributed by atoms with Gasteiger partial charge in [-0.3, -0.25) is 14.6 Å². The summed E-state index contributed by atoms with van der Waals surface area (Å²) in [6.45, 7) is 6.39. The molecule has 2 aliphatic rings. The second-order valence-electron chi connectivity index (χ2n) is 11.4. The fourth-order valence-electron chi connectivity index (χ4n) is 5.82. The molecule has 196 valence electrons. The van der Waals surface area contributed by atoms with E-state index in [4.69, 9.17) is 0 Å². The number of anilines is 3. The largest absolute Gasteiger partial charge is 0.357 e. The molecule has 1 aliphatic heterocycles. The summed E-state index contributed by atoms with van der Waals surface area (Å²) in [5, 5.41) is 7.61. The number of rotatable bonds is 4. The van der Waals surface area contributed by atoms with E-state index in [0.717, 1.165) is 51.1 Å². The molecule has 39 heavy (non-hydrogen) atoms. The van der Waals surface area contributed by atoms with Crippen molar-refractivity contribution in [3.63, 3.8) is 0 Å². The van der Waals surface area contributed by atoms with Crippen LogP contribution in [0.5, 0.6) is 0 Å². The second-order valence-corrected chi connectivity index (χ2v) is 11.4. The highest BCUT2D eigenvalue weighted by Crippen LogP contribution is 2.48. The summed E-state index contributed by atoms with van der Waals surface area (Å²) in [6.07, 6.45) is 2.91. The fourth-order valence-corrected chi connectivity index (χ4v) is 5.82. The summed E-state index contributed by atoms with van der Waals surface area (Å²) < 4.78 is 0. The lowest BCUT2D eigenvalue weighted by molar-refractivity contribution is -0.119. The molecule has 0 fully saturated rings. The third kappa shape index (κ3) is 4.90. The van der Waals surface area contributed by atoms with Crippen molar-refractivity contribution < 1.29 is 9.59 Å². The van der Waals surface area contributed by atoms with E-state index in [1.54, 1.807) is 6.20 Å². The van der Waals surface area contributed by atoms with Gasteiger partial charge in [0.25, 0.3) is 0 Å². The number of aryl methyl sites for hydroxylation is 1. The zero-order valence-corrected chi connectivity index (χ0v) is 22.5. The fraction of sp³-hybridized carbons (Fsp3) is 0.242. The molecule has 2 N–H and O–H groups in total. The Morgan fingerprint density at radius 1 is 1.03 bits per heavy atom. The number of aromatic nitrogens is 1. The molecule has 0 spiro atoms. The molecule has 6 nitrogen and oxygen atoms in total. The van der Waals surface area contributed by atoms with Crippen molar-refractivity contribution in [2.45, 2.75) is 39.7 Å². The Morgan fingerprint density at radius 2 is 1.77 bits per heavy atom. The smallest absolute Gasteiger partial charge is 0.243 e. The predicted octanol–water partition coefficient (Wildman–Crippen LogP) is 6.80. The predicted molar refractivity (Wildman–Crippen MR) is 157 cm³/mol. The lowest BCUT2D eigenvalue weighted by Crippen LogP contribution is -2.40. The van der Waals surface area contributed by atoms with Gasteiger partial charge in [-0.2, -0.15) is 0 Å². The second kappa shape index (κ2) is 9.70. The number of carbonyl (C=O) groups excluding carboxylic acids is 2. The first-order chi connectivity index (χ1) is 18.8. The Hall–Kier alpha value is -4.45. The molecule has 1 aromatic heterocycles. The highest BCUT2D eigenvalue weighted by Gasteiger charge is 2.41. The molecule has 1 amide bonds. The normalized spacial score (nSPS) is 18.2. The third-order valence-corrected chi connectivity index (χ3v) is 7.59. The van der Waals surface area contributed by atoms with Gasteiger partial charge in [0.2, 0.25) is 5.91 Å². The summed E-state index contributed by atoms with van der Waals surface area (Å²) in [6, 6.07) is 25.6. The lowest BCUT2D eigenvalue weighted by atomic mass is 9.73. The van der Waals surface area contributed by atoms with Gasteiger partial charge >= 0.3 is 0 Å². The molecule has 0 radical (unpaired) electrons. The van der Waals surface area contributed by atoms with E-state index in [9.17, 15) is 9.59 Å². The highest BCUT2D eigenvalue weighted by atomic mass is 16.2. The number of fused-ring (bicyclic) bond motifs is 2. The summed E-state index contributed by atoms with van der Waals surface area (Å²) in [4.78, 5) is 34.0. The molecule has 6 heteroatoms. The lowest BCUT2D eigenvalue weighted by Gasteiger charge is -2.38. The number of nitrogens with one attached hydrogen (secondary N) is 2. The summed E-state index contributed by atoms with van der Waals surface area (Å²) >= 11 is 0. The van der Waals surface area contributed by atoms with Gasteiger partial charge in [-0.05, 0) is 48.6 Å². The highest BCUT2D eigenvalue weighted by molar-refractivity contribution is 6.03. The first-order valence-electron chi connectivity index (χ1n) is 13.4. The first-order valence-corrected chi connectivity index (χ1v) is 13.4. The van der Waals surface area contributed by atoms with Gasteiger partial charge in [0.05, 0.1) is 41.4 Å². The van der Waals surface area contributed by atoms with Crippen LogP contribution in [0, 0.1) is 12.3 Å². The van der Waals surface area contributed by atoms with E-state index in [-0.39, 0.29) is 23.7 Å². The number of amides is 1. The van der Waals surface area contributed by atoms with Gasteiger partial charge in [-0.1, -0.05) is 74.0 Å². The van der Waals surface area contributed by atoms with Crippen molar-refractivity contribution in [1.29, 1.82) is 0 Å². The number of ketones is 1. The topological polar surface area (TPSA) is 74.3 Å². The van der Waals surface area contributed by atoms with E-state index in [2.05, 4.69) is 65.6 Å². The van der Waals surface area contributed by atoms with Gasteiger partial charge in [0, 0.05) is 23.1 Å². The number of para-hydroxylation sites is 3. The Bertz CT molecular complexity index is 1620. The quantitative estimate of drug-likeness (QED) is 0.312. The molecule has 4 aromatic rings. The average molecular weight is 517 g/mol. The molecule has 0 saturated carbocycles. The van der Waals surface area contributed by atoms with Crippen molar-refractivity contribution in [3.05, 3.63) is 107 Å². The maximum absolute atomic E-state index is 13.8. The van der Waals surface area contributed by atoms with Crippen LogP contribution in [0.4, 0.5) is 17.1 Å². The zero-order valence-electron chi connectivity index (χ0n) is 22.5. The van der Waals surface area contributed by atoms with Crippen molar-refractivity contribution in [3.8, 4) is 0 Å². The van der Waals surface area contributed by atoms with Crippen molar-refractivity contribution in [2.75, 3.05) is 22.1 Å². The minimum absolute atomic E-state index is 0.0670. The van der Waals surface area contributed by atoms with Crippen LogP contribution in [0.3, 0.4) is 0 Å². The standard InChI is InChI=1S/C33H32N4O2/c1-21-12-14-22(15-13-21)32-31-27(17-33(2,3)18-29(31)38)36-26-10-6-7-11-28(26)37(32)20-30(39)35-24-16-23-8-4-5-9-25(23)34-19-24/h4-16,19,32,36H,17-18,20H2,1-3H3,(H,35,39). The molecule has 6 rings (SSSR count). The van der Waals surface area contributed by atoms with Crippen LogP contribution in [0.25, 0.3) is 10.9 Å². The molecular weight excluding hydrogens is 484 g/mol. The molecule has 3 aromatic carbocycles. The number of carbonyl (C=O) groups is 2. The van der Waals surface area contributed by atoms with Gasteiger partial charge < -0.3 is 15.5 Å². The average Bonchev–Trinajstić information content (AvgIpc) is 3.03. The minimum Gasteiger partial charge on any atom is -0.357 e.